The first-order valence-corrected chi connectivity index (χ1v) is 5.48. The Balaban J connectivity index is 1.95. The van der Waals surface area contributed by atoms with Crippen LogP contribution in [0.15, 0.2) is 24.8 Å². The highest BCUT2D eigenvalue weighted by Crippen LogP contribution is 2.33. The van der Waals surface area contributed by atoms with Gasteiger partial charge in [0.2, 0.25) is 6.79 Å². The fourth-order valence-electron chi connectivity index (χ4n) is 1.45. The molecule has 0 saturated carbocycles. The van der Waals surface area contributed by atoms with Crippen molar-refractivity contribution in [3.63, 3.8) is 0 Å². The Kier molecular flexibility index (Phi) is 3.57. The van der Waals surface area contributed by atoms with Gasteiger partial charge in [0, 0.05) is 5.56 Å². The standard InChI is InChI=1S/C12H14N2O4/c1-3-16-12(15)14-13-8(2)9-4-5-10-11(6-9)18-7-17-10/h4-6,13H,2-3,7H2,1H3,(H,14,15). The van der Waals surface area contributed by atoms with E-state index in [-0.39, 0.29) is 6.79 Å². The Labute approximate surface area is 104 Å². The van der Waals surface area contributed by atoms with Crippen LogP contribution in [0.4, 0.5) is 4.79 Å². The van der Waals surface area contributed by atoms with Gasteiger partial charge in [-0.2, -0.15) is 0 Å². The number of hydrogen-bond acceptors (Lipinski definition) is 5. The molecule has 0 unspecified atom stereocenters. The Morgan fingerprint density at radius 1 is 1.39 bits per heavy atom. The molecule has 18 heavy (non-hydrogen) atoms. The molecule has 1 aliphatic rings. The average Bonchev–Trinajstić information content (AvgIpc) is 2.83. The normalized spacial score (nSPS) is 11.8. The van der Waals surface area contributed by atoms with Crippen molar-refractivity contribution in [3.8, 4) is 11.5 Å². The molecule has 1 aliphatic heterocycles. The minimum Gasteiger partial charge on any atom is -0.454 e. The molecule has 6 nitrogen and oxygen atoms in total. The molecular weight excluding hydrogens is 236 g/mol. The lowest BCUT2D eigenvalue weighted by Gasteiger charge is -2.11. The van der Waals surface area contributed by atoms with E-state index >= 15 is 0 Å². The summed E-state index contributed by atoms with van der Waals surface area (Å²) >= 11 is 0. The summed E-state index contributed by atoms with van der Waals surface area (Å²) in [6.07, 6.45) is -0.556. The summed E-state index contributed by atoms with van der Waals surface area (Å²) < 4.78 is 15.2. The van der Waals surface area contributed by atoms with Gasteiger partial charge in [0.15, 0.2) is 11.5 Å². The molecule has 6 heteroatoms. The number of nitrogens with one attached hydrogen (secondary N) is 2. The van der Waals surface area contributed by atoms with Gasteiger partial charge in [-0.1, -0.05) is 6.58 Å². The van der Waals surface area contributed by atoms with Crippen LogP contribution >= 0.6 is 0 Å². The smallest absolute Gasteiger partial charge is 0.425 e. The lowest BCUT2D eigenvalue weighted by atomic mass is 10.1. The van der Waals surface area contributed by atoms with E-state index in [2.05, 4.69) is 17.4 Å². The molecular formula is C12H14N2O4. The van der Waals surface area contributed by atoms with E-state index < -0.39 is 6.09 Å². The number of amides is 1. The molecule has 0 atom stereocenters. The molecule has 2 rings (SSSR count). The Bertz CT molecular complexity index is 473. The quantitative estimate of drug-likeness (QED) is 0.795. The van der Waals surface area contributed by atoms with Gasteiger partial charge in [-0.05, 0) is 25.1 Å². The first kappa shape index (κ1) is 12.1. The highest BCUT2D eigenvalue weighted by molar-refractivity contribution is 5.71. The second-order valence-corrected chi connectivity index (χ2v) is 3.52. The minimum atomic E-state index is -0.556. The summed E-state index contributed by atoms with van der Waals surface area (Å²) in [7, 11) is 0. The van der Waals surface area contributed by atoms with Crippen LogP contribution in [0, 0.1) is 0 Å². The van der Waals surface area contributed by atoms with Gasteiger partial charge in [0.1, 0.15) is 0 Å². The van der Waals surface area contributed by atoms with Gasteiger partial charge in [0.05, 0.1) is 12.3 Å². The predicted molar refractivity (Wildman–Crippen MR) is 64.9 cm³/mol. The Hall–Kier alpha value is -2.37. The van der Waals surface area contributed by atoms with Crippen molar-refractivity contribution in [2.45, 2.75) is 6.92 Å². The number of rotatable bonds is 4. The predicted octanol–water partition coefficient (Wildman–Crippen LogP) is 1.64. The van der Waals surface area contributed by atoms with E-state index in [1.807, 2.05) is 6.07 Å². The lowest BCUT2D eigenvalue weighted by molar-refractivity contribution is 0.149. The number of ether oxygens (including phenoxy) is 3. The van der Waals surface area contributed by atoms with Crippen LogP contribution in [0.2, 0.25) is 0 Å². The van der Waals surface area contributed by atoms with E-state index in [1.54, 1.807) is 19.1 Å². The first-order chi connectivity index (χ1) is 8.70. The van der Waals surface area contributed by atoms with Crippen LogP contribution in [-0.4, -0.2) is 19.5 Å². The second-order valence-electron chi connectivity index (χ2n) is 3.52. The number of hydrogen-bond donors (Lipinski definition) is 2. The van der Waals surface area contributed by atoms with E-state index in [4.69, 9.17) is 14.2 Å². The van der Waals surface area contributed by atoms with Gasteiger partial charge in [-0.25, -0.2) is 10.2 Å². The van der Waals surface area contributed by atoms with Crippen LogP contribution in [0.25, 0.3) is 5.70 Å². The molecule has 0 bridgehead atoms. The minimum absolute atomic E-state index is 0.222. The van der Waals surface area contributed by atoms with Crippen LogP contribution in [0.1, 0.15) is 12.5 Å². The Morgan fingerprint density at radius 2 is 2.17 bits per heavy atom. The van der Waals surface area contributed by atoms with Gasteiger partial charge in [-0.3, -0.25) is 5.43 Å². The molecule has 0 aliphatic carbocycles. The van der Waals surface area contributed by atoms with Crippen LogP contribution in [0.5, 0.6) is 11.5 Å². The summed E-state index contributed by atoms with van der Waals surface area (Å²) in [5, 5.41) is 0. The molecule has 1 aromatic carbocycles. The van der Waals surface area contributed by atoms with Crippen molar-refractivity contribution in [2.75, 3.05) is 13.4 Å². The average molecular weight is 250 g/mol. The van der Waals surface area contributed by atoms with Crippen molar-refractivity contribution in [1.82, 2.24) is 10.9 Å². The van der Waals surface area contributed by atoms with Crippen LogP contribution < -0.4 is 20.3 Å². The maximum Gasteiger partial charge on any atom is 0.425 e. The number of fused-ring (bicyclic) bond motifs is 1. The van der Waals surface area contributed by atoms with Crippen LogP contribution in [0.3, 0.4) is 0 Å². The summed E-state index contributed by atoms with van der Waals surface area (Å²) in [6, 6.07) is 5.38. The molecule has 96 valence electrons. The van der Waals surface area contributed by atoms with Crippen molar-refractivity contribution in [2.24, 2.45) is 0 Å². The van der Waals surface area contributed by atoms with Crippen LogP contribution in [-0.2, 0) is 4.74 Å². The summed E-state index contributed by atoms with van der Waals surface area (Å²) in [5.41, 5.74) is 6.34. The number of hydrazine groups is 1. The van der Waals surface area contributed by atoms with E-state index in [9.17, 15) is 4.79 Å². The third kappa shape index (κ3) is 2.65. The molecule has 1 heterocycles. The Morgan fingerprint density at radius 3 is 2.94 bits per heavy atom. The van der Waals surface area contributed by atoms with Gasteiger partial charge >= 0.3 is 6.09 Å². The topological polar surface area (TPSA) is 68.8 Å². The highest BCUT2D eigenvalue weighted by Gasteiger charge is 2.14. The number of carbonyl (C=O) groups excluding carboxylic acids is 1. The van der Waals surface area contributed by atoms with Gasteiger partial charge < -0.3 is 14.2 Å². The summed E-state index contributed by atoms with van der Waals surface area (Å²) in [6.45, 7) is 6.06. The second kappa shape index (κ2) is 5.31. The third-order valence-corrected chi connectivity index (χ3v) is 2.31. The maximum absolute atomic E-state index is 11.1. The number of carbonyl (C=O) groups is 1. The van der Waals surface area contributed by atoms with E-state index in [0.29, 0.717) is 23.8 Å². The fourth-order valence-corrected chi connectivity index (χ4v) is 1.45. The first-order valence-electron chi connectivity index (χ1n) is 5.48. The van der Waals surface area contributed by atoms with E-state index in [1.165, 1.54) is 0 Å². The largest absolute Gasteiger partial charge is 0.454 e. The molecule has 0 fully saturated rings. The van der Waals surface area contributed by atoms with Crippen molar-refractivity contribution >= 4 is 11.8 Å². The SMILES string of the molecule is C=C(NNC(=O)OCC)c1ccc2c(c1)OCO2. The molecule has 1 amide bonds. The van der Waals surface area contributed by atoms with Crippen molar-refractivity contribution in [3.05, 3.63) is 30.3 Å². The number of benzene rings is 1. The summed E-state index contributed by atoms with van der Waals surface area (Å²) in [4.78, 5) is 11.1. The molecule has 0 saturated heterocycles. The van der Waals surface area contributed by atoms with Gasteiger partial charge in [-0.15, -0.1) is 0 Å². The molecule has 1 aromatic rings. The molecule has 0 radical (unpaired) electrons. The third-order valence-electron chi connectivity index (χ3n) is 2.31. The monoisotopic (exact) mass is 250 g/mol. The molecule has 0 spiro atoms. The lowest BCUT2D eigenvalue weighted by Crippen LogP contribution is -2.36. The molecule has 0 aromatic heterocycles. The highest BCUT2D eigenvalue weighted by atomic mass is 16.7. The zero-order valence-electron chi connectivity index (χ0n) is 9.99. The fraction of sp³-hybridized carbons (Fsp3) is 0.250. The van der Waals surface area contributed by atoms with Gasteiger partial charge in [0.25, 0.3) is 0 Å². The maximum atomic E-state index is 11.1. The molecule has 2 N–H and O–H groups in total. The summed E-state index contributed by atoms with van der Waals surface area (Å²) in [5.74, 6) is 1.36. The van der Waals surface area contributed by atoms with Crippen molar-refractivity contribution in [1.29, 1.82) is 0 Å². The van der Waals surface area contributed by atoms with Crippen molar-refractivity contribution < 1.29 is 19.0 Å². The van der Waals surface area contributed by atoms with E-state index in [0.717, 1.165) is 5.56 Å². The zero-order valence-corrected chi connectivity index (χ0v) is 9.99. The zero-order chi connectivity index (χ0) is 13.0.